The van der Waals surface area contributed by atoms with Gasteiger partial charge in [-0.1, -0.05) is 19.1 Å². The van der Waals surface area contributed by atoms with E-state index in [0.29, 0.717) is 12.2 Å². The van der Waals surface area contributed by atoms with E-state index < -0.39 is 9.84 Å². The first kappa shape index (κ1) is 18.9. The summed E-state index contributed by atoms with van der Waals surface area (Å²) in [6.07, 6.45) is 1.79. The molecular formula is C18H20FNO4S. The molecular weight excluding hydrogens is 345 g/mol. The molecule has 0 aliphatic rings. The Hall–Kier alpha value is -2.41. The van der Waals surface area contributed by atoms with Gasteiger partial charge in [0.25, 0.3) is 5.91 Å². The molecule has 0 unspecified atom stereocenters. The largest absolute Gasteiger partial charge is 0.484 e. The first-order valence-corrected chi connectivity index (χ1v) is 9.66. The third-order valence-corrected chi connectivity index (χ3v) is 4.77. The molecule has 0 saturated carbocycles. The summed E-state index contributed by atoms with van der Waals surface area (Å²) in [6.45, 7) is 1.72. The third-order valence-electron chi connectivity index (χ3n) is 3.64. The van der Waals surface area contributed by atoms with Crippen LogP contribution in [0.25, 0.3) is 0 Å². The molecule has 1 N–H and O–H groups in total. The minimum absolute atomic E-state index is 0.191. The summed E-state index contributed by atoms with van der Waals surface area (Å²) in [7, 11) is -3.25. The van der Waals surface area contributed by atoms with Crippen molar-refractivity contribution in [2.75, 3.05) is 12.9 Å². The zero-order valence-corrected chi connectivity index (χ0v) is 14.8. The maximum absolute atomic E-state index is 12.8. The predicted molar refractivity (Wildman–Crippen MR) is 92.6 cm³/mol. The minimum atomic E-state index is -3.25. The van der Waals surface area contributed by atoms with Crippen molar-refractivity contribution in [1.82, 2.24) is 5.32 Å². The van der Waals surface area contributed by atoms with E-state index >= 15 is 0 Å². The first-order chi connectivity index (χ1) is 11.8. The summed E-state index contributed by atoms with van der Waals surface area (Å²) >= 11 is 0. The van der Waals surface area contributed by atoms with E-state index in [4.69, 9.17) is 4.74 Å². The molecule has 2 aromatic carbocycles. The second kappa shape index (κ2) is 8.11. The van der Waals surface area contributed by atoms with Gasteiger partial charge in [0.05, 0.1) is 10.9 Å². The summed E-state index contributed by atoms with van der Waals surface area (Å²) in [4.78, 5) is 12.3. The van der Waals surface area contributed by atoms with Gasteiger partial charge in [0.1, 0.15) is 11.6 Å². The normalized spacial score (nSPS) is 12.4. The molecule has 2 aromatic rings. The molecule has 0 radical (unpaired) electrons. The smallest absolute Gasteiger partial charge is 0.258 e. The number of ether oxygens (including phenoxy) is 1. The van der Waals surface area contributed by atoms with Crippen LogP contribution < -0.4 is 10.1 Å². The van der Waals surface area contributed by atoms with E-state index in [-0.39, 0.29) is 29.3 Å². The predicted octanol–water partition coefficient (Wildman–Crippen LogP) is 2.88. The lowest BCUT2D eigenvalue weighted by molar-refractivity contribution is -0.123. The fourth-order valence-electron chi connectivity index (χ4n) is 2.28. The number of amides is 1. The fourth-order valence-corrected chi connectivity index (χ4v) is 2.91. The molecule has 0 bridgehead atoms. The third kappa shape index (κ3) is 5.56. The number of nitrogens with one attached hydrogen (secondary N) is 1. The molecule has 2 rings (SSSR count). The molecule has 134 valence electrons. The van der Waals surface area contributed by atoms with Gasteiger partial charge in [-0.2, -0.15) is 0 Å². The Bertz CT molecular complexity index is 817. The van der Waals surface area contributed by atoms with Crippen molar-refractivity contribution in [3.05, 3.63) is 59.9 Å². The van der Waals surface area contributed by atoms with E-state index in [0.717, 1.165) is 11.8 Å². The molecule has 0 aromatic heterocycles. The lowest BCUT2D eigenvalue weighted by Crippen LogP contribution is -2.32. The van der Waals surface area contributed by atoms with Gasteiger partial charge >= 0.3 is 0 Å². The molecule has 1 amide bonds. The van der Waals surface area contributed by atoms with E-state index in [9.17, 15) is 17.6 Å². The topological polar surface area (TPSA) is 72.5 Å². The van der Waals surface area contributed by atoms with E-state index in [2.05, 4.69) is 5.32 Å². The summed E-state index contributed by atoms with van der Waals surface area (Å²) < 4.78 is 41.1. The van der Waals surface area contributed by atoms with Crippen molar-refractivity contribution in [2.24, 2.45) is 0 Å². The lowest BCUT2D eigenvalue weighted by atomic mass is 10.0. The number of benzene rings is 2. The Morgan fingerprint density at radius 3 is 2.24 bits per heavy atom. The minimum Gasteiger partial charge on any atom is -0.484 e. The van der Waals surface area contributed by atoms with Gasteiger partial charge in [-0.3, -0.25) is 4.79 Å². The van der Waals surface area contributed by atoms with Crippen LogP contribution in [-0.2, 0) is 14.6 Å². The summed E-state index contributed by atoms with van der Waals surface area (Å²) in [5, 5.41) is 2.84. The summed E-state index contributed by atoms with van der Waals surface area (Å²) in [5.41, 5.74) is 0.810. The van der Waals surface area contributed by atoms with Crippen LogP contribution in [0.3, 0.4) is 0 Å². The highest BCUT2D eigenvalue weighted by molar-refractivity contribution is 7.90. The Morgan fingerprint density at radius 2 is 1.72 bits per heavy atom. The van der Waals surface area contributed by atoms with Crippen molar-refractivity contribution >= 4 is 15.7 Å². The van der Waals surface area contributed by atoms with Crippen LogP contribution >= 0.6 is 0 Å². The van der Waals surface area contributed by atoms with Gasteiger partial charge in [0, 0.05) is 6.26 Å². The number of sulfone groups is 1. The molecule has 0 fully saturated rings. The lowest BCUT2D eigenvalue weighted by Gasteiger charge is -2.18. The SMILES string of the molecule is CC[C@H](NC(=O)COc1ccc(F)cc1)c1ccc(S(C)(=O)=O)cc1. The number of hydrogen-bond acceptors (Lipinski definition) is 4. The van der Waals surface area contributed by atoms with Gasteiger partial charge in [0.2, 0.25) is 0 Å². The van der Waals surface area contributed by atoms with Crippen molar-refractivity contribution < 1.29 is 22.3 Å². The Kier molecular flexibility index (Phi) is 6.14. The van der Waals surface area contributed by atoms with Crippen LogP contribution in [0.1, 0.15) is 24.9 Å². The van der Waals surface area contributed by atoms with E-state index in [1.165, 1.54) is 36.4 Å². The van der Waals surface area contributed by atoms with Gasteiger partial charge in [-0.25, -0.2) is 12.8 Å². The van der Waals surface area contributed by atoms with Crippen LogP contribution in [0.5, 0.6) is 5.75 Å². The zero-order valence-electron chi connectivity index (χ0n) is 14.0. The highest BCUT2D eigenvalue weighted by Gasteiger charge is 2.14. The van der Waals surface area contributed by atoms with Crippen molar-refractivity contribution in [3.63, 3.8) is 0 Å². The molecule has 7 heteroatoms. The quantitative estimate of drug-likeness (QED) is 0.819. The molecule has 0 saturated heterocycles. The van der Waals surface area contributed by atoms with Crippen LogP contribution in [0.4, 0.5) is 4.39 Å². The standard InChI is InChI=1S/C18H20FNO4S/c1-3-17(13-4-10-16(11-5-13)25(2,22)23)20-18(21)12-24-15-8-6-14(19)7-9-15/h4-11,17H,3,12H2,1-2H3,(H,20,21)/t17-/m0/s1. The monoisotopic (exact) mass is 365 g/mol. The molecule has 0 spiro atoms. The van der Waals surface area contributed by atoms with Crippen LogP contribution in [0.2, 0.25) is 0 Å². The number of hydrogen-bond donors (Lipinski definition) is 1. The number of carbonyl (C=O) groups excluding carboxylic acids is 1. The molecule has 1 atom stereocenters. The Labute approximate surface area is 146 Å². The first-order valence-electron chi connectivity index (χ1n) is 7.77. The van der Waals surface area contributed by atoms with Crippen molar-refractivity contribution in [1.29, 1.82) is 0 Å². The molecule has 5 nitrogen and oxygen atoms in total. The maximum atomic E-state index is 12.8. The summed E-state index contributed by atoms with van der Waals surface area (Å²) in [6, 6.07) is 11.6. The molecule has 0 aliphatic carbocycles. The van der Waals surface area contributed by atoms with E-state index in [1.54, 1.807) is 12.1 Å². The average Bonchev–Trinajstić information content (AvgIpc) is 2.58. The van der Waals surface area contributed by atoms with Gasteiger partial charge in [-0.15, -0.1) is 0 Å². The second-order valence-electron chi connectivity index (χ2n) is 5.61. The zero-order chi connectivity index (χ0) is 18.4. The van der Waals surface area contributed by atoms with Crippen molar-refractivity contribution in [2.45, 2.75) is 24.3 Å². The van der Waals surface area contributed by atoms with Crippen LogP contribution in [-0.4, -0.2) is 27.2 Å². The fraction of sp³-hybridized carbons (Fsp3) is 0.278. The second-order valence-corrected chi connectivity index (χ2v) is 7.63. The molecule has 0 heterocycles. The van der Waals surface area contributed by atoms with Crippen LogP contribution in [0, 0.1) is 5.82 Å². The highest BCUT2D eigenvalue weighted by Crippen LogP contribution is 2.19. The van der Waals surface area contributed by atoms with E-state index in [1.807, 2.05) is 6.92 Å². The summed E-state index contributed by atoms with van der Waals surface area (Å²) in [5.74, 6) is -0.286. The van der Waals surface area contributed by atoms with Crippen LogP contribution in [0.15, 0.2) is 53.4 Å². The van der Waals surface area contributed by atoms with Gasteiger partial charge in [0.15, 0.2) is 16.4 Å². The highest BCUT2D eigenvalue weighted by atomic mass is 32.2. The average molecular weight is 365 g/mol. The molecule has 25 heavy (non-hydrogen) atoms. The number of carbonyl (C=O) groups is 1. The number of halogens is 1. The Balaban J connectivity index is 1.96. The number of rotatable bonds is 7. The van der Waals surface area contributed by atoms with Gasteiger partial charge in [-0.05, 0) is 48.4 Å². The molecule has 0 aliphatic heterocycles. The Morgan fingerprint density at radius 1 is 1.12 bits per heavy atom. The maximum Gasteiger partial charge on any atom is 0.258 e. The van der Waals surface area contributed by atoms with Gasteiger partial charge < -0.3 is 10.1 Å². The van der Waals surface area contributed by atoms with Crippen molar-refractivity contribution in [3.8, 4) is 5.75 Å².